The molecule has 2 aromatic carbocycles. The topological polar surface area (TPSA) is 80.1 Å². The number of benzene rings is 2. The Morgan fingerprint density at radius 2 is 1.69 bits per heavy atom. The number of aryl methyl sites for hydroxylation is 2. The van der Waals surface area contributed by atoms with E-state index in [1.807, 2.05) is 48.5 Å². The van der Waals surface area contributed by atoms with Crippen molar-refractivity contribution in [2.45, 2.75) is 6.92 Å². The molecule has 0 aliphatic carbocycles. The normalized spacial score (nSPS) is 10.6. The lowest BCUT2D eigenvalue weighted by Gasteiger charge is -2.16. The van der Waals surface area contributed by atoms with Crippen LogP contribution in [0, 0.1) is 6.92 Å². The minimum absolute atomic E-state index is 0.107. The fourth-order valence-corrected chi connectivity index (χ4v) is 3.44. The summed E-state index contributed by atoms with van der Waals surface area (Å²) in [5.74, 6) is 0.367. The summed E-state index contributed by atoms with van der Waals surface area (Å²) in [4.78, 5) is 31.0. The Morgan fingerprint density at radius 3 is 2.38 bits per heavy atom. The lowest BCUT2D eigenvalue weighted by atomic mass is 10.1. The van der Waals surface area contributed by atoms with Gasteiger partial charge in [-0.15, -0.1) is 0 Å². The fourth-order valence-electron chi connectivity index (χ4n) is 3.44. The summed E-state index contributed by atoms with van der Waals surface area (Å²) in [6, 6.07) is 21.9. The number of pyridine rings is 1. The smallest absolute Gasteiger partial charge is 0.259 e. The van der Waals surface area contributed by atoms with Gasteiger partial charge in [0.05, 0.1) is 11.3 Å². The summed E-state index contributed by atoms with van der Waals surface area (Å²) in [7, 11) is 3.54. The monoisotopic (exact) mass is 425 g/mol. The fraction of sp³-hybridized carbons (Fsp3) is 0.120. The van der Waals surface area contributed by atoms with E-state index < -0.39 is 0 Å². The van der Waals surface area contributed by atoms with Gasteiger partial charge in [-0.05, 0) is 43.3 Å². The van der Waals surface area contributed by atoms with E-state index in [0.717, 1.165) is 11.3 Å². The molecule has 32 heavy (non-hydrogen) atoms. The van der Waals surface area contributed by atoms with Crippen LogP contribution in [0.2, 0.25) is 0 Å². The number of carbonyl (C=O) groups is 2. The standard InChI is InChI=1S/C25H23N5O2/c1-17-21(10-7-15-26-17)24(31)27-20-13-11-18(12-14-20)22-16-23(30(3)28-22)29(2)25(32)19-8-5-4-6-9-19/h4-16H,1-3H3,(H,27,31). The van der Waals surface area contributed by atoms with Crippen molar-refractivity contribution in [3.8, 4) is 11.3 Å². The minimum Gasteiger partial charge on any atom is -0.322 e. The lowest BCUT2D eigenvalue weighted by molar-refractivity contribution is 0.0989. The van der Waals surface area contributed by atoms with Gasteiger partial charge in [-0.3, -0.25) is 24.2 Å². The van der Waals surface area contributed by atoms with Gasteiger partial charge in [-0.2, -0.15) is 5.10 Å². The summed E-state index contributed by atoms with van der Waals surface area (Å²) in [6.07, 6.45) is 1.66. The van der Waals surface area contributed by atoms with Crippen LogP contribution < -0.4 is 10.2 Å². The maximum atomic E-state index is 12.8. The van der Waals surface area contributed by atoms with Crippen LogP contribution in [0.1, 0.15) is 26.4 Å². The number of aromatic nitrogens is 3. The highest BCUT2D eigenvalue weighted by atomic mass is 16.2. The van der Waals surface area contributed by atoms with Gasteiger partial charge in [-0.25, -0.2) is 0 Å². The summed E-state index contributed by atoms with van der Waals surface area (Å²) < 4.78 is 1.68. The maximum absolute atomic E-state index is 12.8. The highest BCUT2D eigenvalue weighted by Crippen LogP contribution is 2.25. The summed E-state index contributed by atoms with van der Waals surface area (Å²) >= 11 is 0. The van der Waals surface area contributed by atoms with Crippen LogP contribution in [0.3, 0.4) is 0 Å². The van der Waals surface area contributed by atoms with Gasteiger partial charge in [0.25, 0.3) is 11.8 Å². The Labute approximate surface area is 186 Å². The third-order valence-electron chi connectivity index (χ3n) is 5.21. The average molecular weight is 425 g/mol. The SMILES string of the molecule is Cc1ncccc1C(=O)Nc1ccc(-c2cc(N(C)C(=O)c3ccccc3)n(C)n2)cc1. The van der Waals surface area contributed by atoms with Crippen LogP contribution in [0.15, 0.2) is 79.0 Å². The average Bonchev–Trinajstić information content (AvgIpc) is 3.21. The van der Waals surface area contributed by atoms with Crippen molar-refractivity contribution < 1.29 is 9.59 Å². The molecule has 0 atom stereocenters. The second-order valence-corrected chi connectivity index (χ2v) is 7.41. The summed E-state index contributed by atoms with van der Waals surface area (Å²) in [5.41, 5.74) is 4.12. The quantitative estimate of drug-likeness (QED) is 0.516. The van der Waals surface area contributed by atoms with Gasteiger partial charge < -0.3 is 5.32 Å². The first-order valence-corrected chi connectivity index (χ1v) is 10.1. The van der Waals surface area contributed by atoms with E-state index in [1.54, 1.807) is 61.1 Å². The molecule has 2 amide bonds. The number of nitrogens with one attached hydrogen (secondary N) is 1. The molecule has 0 saturated heterocycles. The molecule has 0 aliphatic heterocycles. The van der Waals surface area contributed by atoms with Gasteiger partial charge >= 0.3 is 0 Å². The molecule has 0 radical (unpaired) electrons. The van der Waals surface area contributed by atoms with Crippen LogP contribution in [-0.2, 0) is 7.05 Å². The predicted molar refractivity (Wildman–Crippen MR) is 125 cm³/mol. The first-order chi connectivity index (χ1) is 15.4. The molecule has 0 unspecified atom stereocenters. The Bertz CT molecular complexity index is 1260. The number of carbonyl (C=O) groups excluding carboxylic acids is 2. The van der Waals surface area contributed by atoms with Crippen molar-refractivity contribution >= 4 is 23.3 Å². The Morgan fingerprint density at radius 1 is 0.969 bits per heavy atom. The molecule has 0 spiro atoms. The number of rotatable bonds is 5. The molecular weight excluding hydrogens is 402 g/mol. The lowest BCUT2D eigenvalue weighted by Crippen LogP contribution is -2.28. The van der Waals surface area contributed by atoms with E-state index in [4.69, 9.17) is 0 Å². The van der Waals surface area contributed by atoms with Crippen LogP contribution in [0.4, 0.5) is 11.5 Å². The van der Waals surface area contributed by atoms with Gasteiger partial charge in [0.15, 0.2) is 0 Å². The molecule has 1 N–H and O–H groups in total. The zero-order chi connectivity index (χ0) is 22.7. The molecule has 0 bridgehead atoms. The van der Waals surface area contributed by atoms with E-state index in [0.29, 0.717) is 28.3 Å². The molecule has 0 aliphatic rings. The molecule has 2 heterocycles. The van der Waals surface area contributed by atoms with Gasteiger partial charge in [-0.1, -0.05) is 30.3 Å². The highest BCUT2D eigenvalue weighted by Gasteiger charge is 2.18. The molecule has 7 heteroatoms. The number of hydrogen-bond donors (Lipinski definition) is 1. The Balaban J connectivity index is 1.51. The number of anilines is 2. The van der Waals surface area contributed by atoms with Crippen LogP contribution in [-0.4, -0.2) is 33.6 Å². The van der Waals surface area contributed by atoms with Gasteiger partial charge in [0, 0.05) is 48.9 Å². The van der Waals surface area contributed by atoms with Crippen LogP contribution in [0.25, 0.3) is 11.3 Å². The number of hydrogen-bond acceptors (Lipinski definition) is 4. The molecule has 4 rings (SSSR count). The van der Waals surface area contributed by atoms with Crippen molar-refractivity contribution in [2.24, 2.45) is 7.05 Å². The molecule has 0 saturated carbocycles. The van der Waals surface area contributed by atoms with Crippen molar-refractivity contribution in [2.75, 3.05) is 17.3 Å². The van der Waals surface area contributed by atoms with Crippen LogP contribution in [0.5, 0.6) is 0 Å². The number of nitrogens with zero attached hydrogens (tertiary/aromatic N) is 4. The molecule has 160 valence electrons. The van der Waals surface area contributed by atoms with Crippen molar-refractivity contribution in [3.63, 3.8) is 0 Å². The third-order valence-corrected chi connectivity index (χ3v) is 5.21. The molecule has 4 aromatic rings. The van der Waals surface area contributed by atoms with Crippen molar-refractivity contribution in [1.82, 2.24) is 14.8 Å². The predicted octanol–water partition coefficient (Wildman–Crippen LogP) is 4.32. The van der Waals surface area contributed by atoms with Gasteiger partial charge in [0.2, 0.25) is 0 Å². The molecule has 0 fully saturated rings. The van der Waals surface area contributed by atoms with E-state index in [2.05, 4.69) is 15.4 Å². The molecule has 7 nitrogen and oxygen atoms in total. The second kappa shape index (κ2) is 8.85. The minimum atomic E-state index is -0.204. The zero-order valence-electron chi connectivity index (χ0n) is 18.1. The second-order valence-electron chi connectivity index (χ2n) is 7.41. The van der Waals surface area contributed by atoms with Crippen molar-refractivity contribution in [3.05, 3.63) is 95.8 Å². The van der Waals surface area contributed by atoms with E-state index in [9.17, 15) is 9.59 Å². The van der Waals surface area contributed by atoms with E-state index in [1.165, 1.54) is 0 Å². The van der Waals surface area contributed by atoms with Gasteiger partial charge in [0.1, 0.15) is 5.82 Å². The third kappa shape index (κ3) is 4.27. The van der Waals surface area contributed by atoms with E-state index in [-0.39, 0.29) is 11.8 Å². The molecular formula is C25H23N5O2. The van der Waals surface area contributed by atoms with Crippen molar-refractivity contribution in [1.29, 1.82) is 0 Å². The van der Waals surface area contributed by atoms with E-state index >= 15 is 0 Å². The summed E-state index contributed by atoms with van der Waals surface area (Å²) in [6.45, 7) is 1.80. The highest BCUT2D eigenvalue weighted by molar-refractivity contribution is 6.06. The number of amides is 2. The Hall–Kier alpha value is -4.26. The first kappa shape index (κ1) is 21.0. The van der Waals surface area contributed by atoms with Crippen LogP contribution >= 0.6 is 0 Å². The zero-order valence-corrected chi connectivity index (χ0v) is 18.1. The maximum Gasteiger partial charge on any atom is 0.259 e. The summed E-state index contributed by atoms with van der Waals surface area (Å²) in [5, 5.41) is 7.44. The molecule has 2 aromatic heterocycles. The first-order valence-electron chi connectivity index (χ1n) is 10.1. The Kier molecular flexibility index (Phi) is 5.81. The largest absolute Gasteiger partial charge is 0.322 e.